The molecule has 9 heteroatoms. The Hall–Kier alpha value is -3.98. The fraction of sp³-hybridized carbons (Fsp3) is 0.222. The smallest absolute Gasteiger partial charge is 0.453 e. The van der Waals surface area contributed by atoms with Crippen LogP contribution in [0.3, 0.4) is 0 Å². The van der Waals surface area contributed by atoms with Gasteiger partial charge in [0.25, 0.3) is 5.76 Å². The lowest BCUT2D eigenvalue weighted by Gasteiger charge is -2.29. The Morgan fingerprint density at radius 3 is 2.42 bits per heavy atom. The third-order valence-electron chi connectivity index (χ3n) is 5.73. The predicted molar refractivity (Wildman–Crippen MR) is 126 cm³/mol. The highest BCUT2D eigenvalue weighted by atomic mass is 19.4. The summed E-state index contributed by atoms with van der Waals surface area (Å²) >= 11 is 0. The van der Waals surface area contributed by atoms with Gasteiger partial charge in [0.1, 0.15) is 18.1 Å². The first-order valence-corrected chi connectivity index (χ1v) is 11.3. The van der Waals surface area contributed by atoms with E-state index in [9.17, 15) is 18.0 Å². The summed E-state index contributed by atoms with van der Waals surface area (Å²) < 4.78 is 64.5. The van der Waals surface area contributed by atoms with Gasteiger partial charge in [0.2, 0.25) is 11.2 Å². The monoisotopic (exact) mass is 497 g/mol. The number of hydrogen-bond acceptors (Lipinski definition) is 6. The van der Waals surface area contributed by atoms with E-state index in [1.54, 1.807) is 31.2 Å². The van der Waals surface area contributed by atoms with Gasteiger partial charge in [-0.05, 0) is 36.8 Å². The molecule has 0 unspecified atom stereocenters. The molecule has 0 N–H and O–H groups in total. The Bertz CT molecular complexity index is 1450. The van der Waals surface area contributed by atoms with Gasteiger partial charge in [0.05, 0.1) is 17.6 Å². The fourth-order valence-corrected chi connectivity index (χ4v) is 4.14. The molecule has 1 aromatic heterocycles. The molecule has 36 heavy (non-hydrogen) atoms. The molecule has 0 saturated carbocycles. The molecule has 2 heterocycles. The average Bonchev–Trinajstić information content (AvgIpc) is 2.86. The van der Waals surface area contributed by atoms with Crippen LogP contribution in [0.25, 0.3) is 11.0 Å². The molecular formula is C27H22F3NO5. The molecule has 0 spiro atoms. The molecule has 0 aliphatic carbocycles. The van der Waals surface area contributed by atoms with Gasteiger partial charge in [-0.25, -0.2) is 0 Å². The van der Waals surface area contributed by atoms with Crippen LogP contribution >= 0.6 is 0 Å². The number of halogens is 3. The van der Waals surface area contributed by atoms with Gasteiger partial charge < -0.3 is 18.6 Å². The number of fused-ring (bicyclic) bond motifs is 3. The zero-order valence-electron chi connectivity index (χ0n) is 19.3. The minimum atomic E-state index is -4.98. The van der Waals surface area contributed by atoms with E-state index in [4.69, 9.17) is 18.6 Å². The van der Waals surface area contributed by atoms with Crippen molar-refractivity contribution in [2.45, 2.75) is 26.2 Å². The standard InChI is InChI=1S/C27H22F3NO5/c1-2-33-21-10-6-7-11-22(21)35-25-23(32)18-12-13-20-19(24(18)36-26(25)27(28,29)30)15-31(16-34-20)14-17-8-4-3-5-9-17/h3-13H,2,14-16H2,1H3. The number of benzene rings is 3. The first-order valence-electron chi connectivity index (χ1n) is 11.3. The normalized spacial score (nSPS) is 13.8. The molecule has 1 aliphatic heterocycles. The van der Waals surface area contributed by atoms with Crippen molar-refractivity contribution in [2.75, 3.05) is 13.3 Å². The average molecular weight is 497 g/mol. The molecule has 0 radical (unpaired) electrons. The Balaban J connectivity index is 1.60. The van der Waals surface area contributed by atoms with E-state index >= 15 is 0 Å². The van der Waals surface area contributed by atoms with Crippen molar-refractivity contribution >= 4 is 11.0 Å². The second-order valence-electron chi connectivity index (χ2n) is 8.23. The molecule has 0 amide bonds. The summed E-state index contributed by atoms with van der Waals surface area (Å²) in [6.45, 7) is 3.01. The van der Waals surface area contributed by atoms with Crippen LogP contribution in [-0.2, 0) is 19.3 Å². The summed E-state index contributed by atoms with van der Waals surface area (Å²) in [5.74, 6) is -1.90. The van der Waals surface area contributed by atoms with Gasteiger partial charge in [-0.2, -0.15) is 13.2 Å². The summed E-state index contributed by atoms with van der Waals surface area (Å²) in [5.41, 5.74) is 0.287. The van der Waals surface area contributed by atoms with E-state index in [0.717, 1.165) is 5.56 Å². The lowest BCUT2D eigenvalue weighted by Crippen LogP contribution is -2.31. The van der Waals surface area contributed by atoms with Gasteiger partial charge in [-0.1, -0.05) is 42.5 Å². The highest BCUT2D eigenvalue weighted by Gasteiger charge is 2.41. The second kappa shape index (κ2) is 9.58. The van der Waals surface area contributed by atoms with Crippen LogP contribution < -0.4 is 19.6 Å². The molecular weight excluding hydrogens is 475 g/mol. The van der Waals surface area contributed by atoms with E-state index in [1.165, 1.54) is 12.1 Å². The van der Waals surface area contributed by atoms with Crippen LogP contribution in [0.1, 0.15) is 23.8 Å². The Morgan fingerprint density at radius 1 is 0.972 bits per heavy atom. The number of para-hydroxylation sites is 2. The van der Waals surface area contributed by atoms with Gasteiger partial charge in [-0.15, -0.1) is 0 Å². The van der Waals surface area contributed by atoms with E-state index < -0.39 is 23.1 Å². The molecule has 0 saturated heterocycles. The maximum Gasteiger partial charge on any atom is 0.453 e. The maximum absolute atomic E-state index is 14.1. The molecule has 186 valence electrons. The van der Waals surface area contributed by atoms with E-state index in [-0.39, 0.29) is 42.4 Å². The Kier molecular flexibility index (Phi) is 6.32. The van der Waals surface area contributed by atoms with Crippen molar-refractivity contribution in [2.24, 2.45) is 0 Å². The number of ether oxygens (including phenoxy) is 3. The van der Waals surface area contributed by atoms with Crippen molar-refractivity contribution in [3.8, 4) is 23.0 Å². The molecule has 0 bridgehead atoms. The molecule has 0 fully saturated rings. The highest BCUT2D eigenvalue weighted by Crippen LogP contribution is 2.42. The number of alkyl halides is 3. The fourth-order valence-electron chi connectivity index (χ4n) is 4.14. The zero-order valence-corrected chi connectivity index (χ0v) is 19.3. The Morgan fingerprint density at radius 2 is 1.69 bits per heavy atom. The van der Waals surface area contributed by atoms with Crippen LogP contribution in [0, 0.1) is 0 Å². The van der Waals surface area contributed by atoms with Crippen molar-refractivity contribution < 1.29 is 31.8 Å². The van der Waals surface area contributed by atoms with Crippen LogP contribution in [0.15, 0.2) is 75.9 Å². The van der Waals surface area contributed by atoms with Crippen LogP contribution in [0.4, 0.5) is 13.2 Å². The van der Waals surface area contributed by atoms with E-state index in [0.29, 0.717) is 17.9 Å². The van der Waals surface area contributed by atoms with Gasteiger partial charge in [-0.3, -0.25) is 9.69 Å². The summed E-state index contributed by atoms with van der Waals surface area (Å²) in [6, 6.07) is 18.8. The quantitative estimate of drug-likeness (QED) is 0.309. The van der Waals surface area contributed by atoms with Crippen LogP contribution in [-0.4, -0.2) is 18.2 Å². The molecule has 5 rings (SSSR count). The van der Waals surface area contributed by atoms with Gasteiger partial charge in [0.15, 0.2) is 11.5 Å². The zero-order chi connectivity index (χ0) is 25.3. The first kappa shape index (κ1) is 23.7. The lowest BCUT2D eigenvalue weighted by atomic mass is 10.1. The Labute approximate surface area is 204 Å². The van der Waals surface area contributed by atoms with Crippen molar-refractivity contribution in [1.29, 1.82) is 0 Å². The maximum atomic E-state index is 14.1. The summed E-state index contributed by atoms with van der Waals surface area (Å²) in [5, 5.41) is -0.0317. The van der Waals surface area contributed by atoms with Crippen molar-refractivity contribution in [3.05, 3.63) is 93.8 Å². The predicted octanol–water partition coefficient (Wildman–Crippen LogP) is 6.35. The van der Waals surface area contributed by atoms with E-state index in [2.05, 4.69) is 0 Å². The SMILES string of the molecule is CCOc1ccccc1Oc1c(C(F)(F)F)oc2c3c(ccc2c1=O)OCN(Cc1ccccc1)C3. The van der Waals surface area contributed by atoms with E-state index in [1.807, 2.05) is 35.2 Å². The number of hydrogen-bond donors (Lipinski definition) is 0. The van der Waals surface area contributed by atoms with Gasteiger partial charge >= 0.3 is 6.18 Å². The van der Waals surface area contributed by atoms with Gasteiger partial charge in [0, 0.05) is 13.1 Å². The summed E-state index contributed by atoms with van der Waals surface area (Å²) in [6.07, 6.45) is -4.98. The minimum Gasteiger partial charge on any atom is -0.490 e. The number of nitrogens with zero attached hydrogens (tertiary/aromatic N) is 1. The molecule has 0 atom stereocenters. The summed E-state index contributed by atoms with van der Waals surface area (Å²) in [4.78, 5) is 15.3. The minimum absolute atomic E-state index is 0.0215. The van der Waals surface area contributed by atoms with Crippen molar-refractivity contribution in [3.63, 3.8) is 0 Å². The lowest BCUT2D eigenvalue weighted by molar-refractivity contribution is -0.154. The first-order chi connectivity index (χ1) is 17.3. The molecule has 3 aromatic carbocycles. The number of rotatable bonds is 6. The second-order valence-corrected chi connectivity index (χ2v) is 8.23. The van der Waals surface area contributed by atoms with Crippen molar-refractivity contribution in [1.82, 2.24) is 4.90 Å². The third kappa shape index (κ3) is 4.61. The largest absolute Gasteiger partial charge is 0.490 e. The highest BCUT2D eigenvalue weighted by molar-refractivity contribution is 5.84. The molecule has 1 aliphatic rings. The summed E-state index contributed by atoms with van der Waals surface area (Å²) in [7, 11) is 0. The molecule has 4 aromatic rings. The topological polar surface area (TPSA) is 61.1 Å². The molecule has 6 nitrogen and oxygen atoms in total. The third-order valence-corrected chi connectivity index (χ3v) is 5.73. The van der Waals surface area contributed by atoms with Crippen LogP contribution in [0.2, 0.25) is 0 Å². The van der Waals surface area contributed by atoms with Crippen LogP contribution in [0.5, 0.6) is 23.0 Å².